The summed E-state index contributed by atoms with van der Waals surface area (Å²) in [6.45, 7) is 0.644. The summed E-state index contributed by atoms with van der Waals surface area (Å²) in [5.74, 6) is -3.03. The van der Waals surface area contributed by atoms with E-state index in [1.807, 2.05) is 7.05 Å². The average Bonchev–Trinajstić information content (AvgIpc) is 2.71. The van der Waals surface area contributed by atoms with Gasteiger partial charge in [-0.2, -0.15) is 18.3 Å². The number of alkyl halides is 3. The number of aryl methyl sites for hydroxylation is 2. The van der Waals surface area contributed by atoms with Crippen molar-refractivity contribution in [2.75, 3.05) is 6.54 Å². The van der Waals surface area contributed by atoms with E-state index in [4.69, 9.17) is 15.6 Å². The maximum atomic E-state index is 13.2. The number of benzene rings is 1. The first-order valence-corrected chi connectivity index (χ1v) is 7.18. The topological polar surface area (TPSA) is 81.1 Å². The molecule has 10 heteroatoms. The zero-order valence-corrected chi connectivity index (χ0v) is 13.6. The van der Waals surface area contributed by atoms with Gasteiger partial charge >= 0.3 is 12.1 Å². The van der Waals surface area contributed by atoms with Gasteiger partial charge in [-0.05, 0) is 41.4 Å². The van der Waals surface area contributed by atoms with Gasteiger partial charge in [-0.25, -0.2) is 9.18 Å². The van der Waals surface area contributed by atoms with Crippen LogP contribution in [0.15, 0.2) is 16.6 Å². The molecular formula is C13H14BrF4N3O2. The summed E-state index contributed by atoms with van der Waals surface area (Å²) >= 11 is 3.38. The van der Waals surface area contributed by atoms with Gasteiger partial charge < -0.3 is 10.8 Å². The van der Waals surface area contributed by atoms with Crippen molar-refractivity contribution in [3.05, 3.63) is 28.1 Å². The predicted molar refractivity (Wildman–Crippen MR) is 79.4 cm³/mol. The van der Waals surface area contributed by atoms with E-state index < -0.39 is 12.1 Å². The predicted octanol–water partition coefficient (Wildman–Crippen LogP) is 3.00. The maximum absolute atomic E-state index is 13.2. The third-order valence-corrected chi connectivity index (χ3v) is 3.46. The smallest absolute Gasteiger partial charge is 0.475 e. The van der Waals surface area contributed by atoms with Gasteiger partial charge in [-0.3, -0.25) is 4.68 Å². The SMILES string of the molecule is Cn1nc2cc(F)cc(Br)c2c1CCCN.O=C(O)C(F)(F)F. The van der Waals surface area contributed by atoms with E-state index in [2.05, 4.69) is 21.0 Å². The van der Waals surface area contributed by atoms with Crippen molar-refractivity contribution in [2.24, 2.45) is 12.8 Å². The van der Waals surface area contributed by atoms with Crippen LogP contribution in [0, 0.1) is 5.82 Å². The Kier molecular flexibility index (Phi) is 6.51. The summed E-state index contributed by atoms with van der Waals surface area (Å²) in [5, 5.41) is 12.4. The molecule has 1 aromatic carbocycles. The highest BCUT2D eigenvalue weighted by Crippen LogP contribution is 2.28. The first-order chi connectivity index (χ1) is 10.6. The Morgan fingerprint density at radius 1 is 1.43 bits per heavy atom. The number of rotatable bonds is 3. The van der Waals surface area contributed by atoms with Crippen molar-refractivity contribution in [1.82, 2.24) is 9.78 Å². The molecule has 1 aromatic heterocycles. The number of hydrogen-bond donors (Lipinski definition) is 2. The Hall–Kier alpha value is -1.68. The number of carboxylic acid groups (broad SMARTS) is 1. The Morgan fingerprint density at radius 2 is 2.00 bits per heavy atom. The van der Waals surface area contributed by atoms with E-state index in [1.165, 1.54) is 12.1 Å². The van der Waals surface area contributed by atoms with Gasteiger partial charge in [0, 0.05) is 28.7 Å². The van der Waals surface area contributed by atoms with Crippen LogP contribution in [-0.2, 0) is 18.3 Å². The summed E-state index contributed by atoms with van der Waals surface area (Å²) in [6, 6.07) is 2.92. The third kappa shape index (κ3) is 5.17. The zero-order chi connectivity index (χ0) is 17.8. The van der Waals surface area contributed by atoms with Crippen LogP contribution in [0.5, 0.6) is 0 Å². The number of aromatic nitrogens is 2. The molecule has 23 heavy (non-hydrogen) atoms. The average molecular weight is 400 g/mol. The third-order valence-electron chi connectivity index (χ3n) is 2.83. The van der Waals surface area contributed by atoms with Gasteiger partial charge in [0.1, 0.15) is 5.82 Å². The summed E-state index contributed by atoms with van der Waals surface area (Å²) in [4.78, 5) is 8.90. The van der Waals surface area contributed by atoms with E-state index in [9.17, 15) is 17.6 Å². The standard InChI is InChI=1S/C11H13BrFN3.C2HF3O2/c1-16-10(3-2-4-14)11-8(12)5-7(13)6-9(11)15-16;3-2(4,5)1(6)7/h5-6H,2-4,14H2,1H3;(H,6,7). The fraction of sp³-hybridized carbons (Fsp3) is 0.385. The molecule has 0 unspecified atom stereocenters. The first kappa shape index (κ1) is 19.4. The zero-order valence-electron chi connectivity index (χ0n) is 12.0. The molecule has 0 bridgehead atoms. The van der Waals surface area contributed by atoms with Crippen LogP contribution in [-0.4, -0.2) is 33.6 Å². The van der Waals surface area contributed by atoms with Crippen molar-refractivity contribution in [3.8, 4) is 0 Å². The van der Waals surface area contributed by atoms with Gasteiger partial charge in [0.05, 0.1) is 5.52 Å². The number of nitrogens with two attached hydrogens (primary N) is 1. The summed E-state index contributed by atoms with van der Waals surface area (Å²) in [6.07, 6.45) is -3.33. The largest absolute Gasteiger partial charge is 0.490 e. The number of hydrogen-bond acceptors (Lipinski definition) is 3. The highest BCUT2D eigenvalue weighted by Gasteiger charge is 2.38. The van der Waals surface area contributed by atoms with E-state index in [0.29, 0.717) is 12.1 Å². The molecule has 0 amide bonds. The lowest BCUT2D eigenvalue weighted by Crippen LogP contribution is -2.21. The van der Waals surface area contributed by atoms with Gasteiger partial charge in [0.2, 0.25) is 0 Å². The van der Waals surface area contributed by atoms with E-state index >= 15 is 0 Å². The minimum Gasteiger partial charge on any atom is -0.475 e. The number of carboxylic acids is 1. The molecule has 1 heterocycles. The van der Waals surface area contributed by atoms with Crippen LogP contribution < -0.4 is 5.73 Å². The van der Waals surface area contributed by atoms with E-state index in [1.54, 1.807) is 4.68 Å². The highest BCUT2D eigenvalue weighted by atomic mass is 79.9. The van der Waals surface area contributed by atoms with Gasteiger partial charge in [-0.15, -0.1) is 0 Å². The molecule has 5 nitrogen and oxygen atoms in total. The van der Waals surface area contributed by atoms with Crippen molar-refractivity contribution in [1.29, 1.82) is 0 Å². The van der Waals surface area contributed by atoms with Crippen LogP contribution in [0.4, 0.5) is 17.6 Å². The normalized spacial score (nSPS) is 11.3. The second-order valence-electron chi connectivity index (χ2n) is 4.55. The lowest BCUT2D eigenvalue weighted by atomic mass is 10.1. The molecule has 2 aromatic rings. The van der Waals surface area contributed by atoms with Gasteiger partial charge in [-0.1, -0.05) is 0 Å². The molecule has 0 radical (unpaired) electrons. The van der Waals surface area contributed by atoms with Crippen LogP contribution >= 0.6 is 15.9 Å². The number of carbonyl (C=O) groups is 1. The Bertz CT molecular complexity index is 701. The van der Waals surface area contributed by atoms with Gasteiger partial charge in [0.25, 0.3) is 0 Å². The molecule has 3 N–H and O–H groups in total. The molecule has 0 atom stereocenters. The molecule has 2 rings (SSSR count). The molecule has 128 valence electrons. The number of aliphatic carboxylic acids is 1. The number of nitrogens with zero attached hydrogens (tertiary/aromatic N) is 2. The lowest BCUT2D eigenvalue weighted by Gasteiger charge is -2.02. The van der Waals surface area contributed by atoms with E-state index in [-0.39, 0.29) is 5.82 Å². The molecular weight excluding hydrogens is 386 g/mol. The molecule has 0 saturated heterocycles. The lowest BCUT2D eigenvalue weighted by molar-refractivity contribution is -0.192. The molecule has 0 saturated carbocycles. The highest BCUT2D eigenvalue weighted by molar-refractivity contribution is 9.10. The minimum atomic E-state index is -5.08. The van der Waals surface area contributed by atoms with Crippen LogP contribution in [0.1, 0.15) is 12.1 Å². The fourth-order valence-corrected chi connectivity index (χ4v) is 2.52. The van der Waals surface area contributed by atoms with Crippen LogP contribution in [0.25, 0.3) is 10.9 Å². The number of halogens is 5. The van der Waals surface area contributed by atoms with Crippen molar-refractivity contribution < 1.29 is 27.5 Å². The Labute approximate surface area is 137 Å². The van der Waals surface area contributed by atoms with Crippen molar-refractivity contribution >= 4 is 32.8 Å². The Balaban J connectivity index is 0.000000322. The van der Waals surface area contributed by atoms with E-state index in [0.717, 1.165) is 28.4 Å². The van der Waals surface area contributed by atoms with Crippen LogP contribution in [0.3, 0.4) is 0 Å². The summed E-state index contributed by atoms with van der Waals surface area (Å²) in [7, 11) is 1.87. The monoisotopic (exact) mass is 399 g/mol. The minimum absolute atomic E-state index is 0.275. The number of fused-ring (bicyclic) bond motifs is 1. The van der Waals surface area contributed by atoms with Crippen molar-refractivity contribution in [3.63, 3.8) is 0 Å². The quantitative estimate of drug-likeness (QED) is 0.777. The summed E-state index contributed by atoms with van der Waals surface area (Å²) < 4.78 is 47.5. The second kappa shape index (κ2) is 7.73. The maximum Gasteiger partial charge on any atom is 0.490 e. The fourth-order valence-electron chi connectivity index (χ4n) is 1.86. The van der Waals surface area contributed by atoms with Crippen LogP contribution in [0.2, 0.25) is 0 Å². The molecule has 0 aliphatic heterocycles. The molecule has 0 aliphatic rings. The van der Waals surface area contributed by atoms with Crippen molar-refractivity contribution in [2.45, 2.75) is 19.0 Å². The molecule has 0 fully saturated rings. The molecule has 0 aliphatic carbocycles. The molecule has 0 spiro atoms. The summed E-state index contributed by atoms with van der Waals surface area (Å²) in [5.41, 5.74) is 7.27. The van der Waals surface area contributed by atoms with Gasteiger partial charge in [0.15, 0.2) is 0 Å². The Morgan fingerprint density at radius 3 is 2.48 bits per heavy atom. The second-order valence-corrected chi connectivity index (χ2v) is 5.40. The first-order valence-electron chi connectivity index (χ1n) is 6.38.